The van der Waals surface area contributed by atoms with Crippen molar-refractivity contribution >= 4 is 52.3 Å². The first-order chi connectivity index (χ1) is 15.3. The maximum Gasteiger partial charge on any atom is 0.407 e. The van der Waals surface area contributed by atoms with Gasteiger partial charge in [-0.3, -0.25) is 4.79 Å². The fourth-order valence-electron chi connectivity index (χ4n) is 3.01. The molecule has 0 bridgehead atoms. The molecule has 0 fully saturated rings. The summed E-state index contributed by atoms with van der Waals surface area (Å²) in [4.78, 5) is 28.3. The van der Waals surface area contributed by atoms with Crippen LogP contribution in [0.3, 0.4) is 0 Å². The predicted octanol–water partition coefficient (Wildman–Crippen LogP) is 4.92. The summed E-state index contributed by atoms with van der Waals surface area (Å²) < 4.78 is 5.19. The molecule has 0 aliphatic heterocycles. The van der Waals surface area contributed by atoms with Gasteiger partial charge in [0.15, 0.2) is 0 Å². The second-order valence-corrected chi connectivity index (χ2v) is 8.50. The van der Waals surface area contributed by atoms with Gasteiger partial charge >= 0.3 is 6.09 Å². The zero-order valence-electron chi connectivity index (χ0n) is 17.7. The average molecular weight is 475 g/mol. The van der Waals surface area contributed by atoms with Gasteiger partial charge in [-0.15, -0.1) is 0 Å². The number of nitrogens with one attached hydrogen (secondary N) is 3. The van der Waals surface area contributed by atoms with Crippen molar-refractivity contribution in [1.29, 1.82) is 0 Å². The van der Waals surface area contributed by atoms with Crippen molar-refractivity contribution in [3.8, 4) is 0 Å². The number of ether oxygens (including phenoxy) is 1. The van der Waals surface area contributed by atoms with E-state index < -0.39 is 18.0 Å². The number of aromatic nitrogens is 1. The molecule has 32 heavy (non-hydrogen) atoms. The van der Waals surface area contributed by atoms with Gasteiger partial charge in [0.05, 0.1) is 17.8 Å². The van der Waals surface area contributed by atoms with E-state index in [1.54, 1.807) is 18.2 Å². The number of amides is 2. The summed E-state index contributed by atoms with van der Waals surface area (Å²) in [6.45, 7) is 4.11. The number of hydrogen-bond acceptors (Lipinski definition) is 4. The van der Waals surface area contributed by atoms with Crippen molar-refractivity contribution in [2.24, 2.45) is 11.0 Å². The van der Waals surface area contributed by atoms with Crippen molar-refractivity contribution in [2.75, 3.05) is 6.61 Å². The molecule has 1 heterocycles. The second kappa shape index (κ2) is 11.0. The van der Waals surface area contributed by atoms with Crippen molar-refractivity contribution in [1.82, 2.24) is 15.7 Å². The highest BCUT2D eigenvalue weighted by Crippen LogP contribution is 2.20. The van der Waals surface area contributed by atoms with E-state index >= 15 is 0 Å². The molecular formula is C23H24Cl2N4O3. The van der Waals surface area contributed by atoms with Crippen molar-refractivity contribution < 1.29 is 14.3 Å². The Bertz CT molecular complexity index is 1130. The molecule has 1 atom stereocenters. The molecule has 0 unspecified atom stereocenters. The Morgan fingerprint density at radius 1 is 1.19 bits per heavy atom. The first-order valence-corrected chi connectivity index (χ1v) is 10.9. The van der Waals surface area contributed by atoms with Gasteiger partial charge in [-0.2, -0.15) is 5.10 Å². The van der Waals surface area contributed by atoms with E-state index in [1.807, 2.05) is 44.3 Å². The van der Waals surface area contributed by atoms with Crippen LogP contribution in [0.2, 0.25) is 10.0 Å². The summed E-state index contributed by atoms with van der Waals surface area (Å²) in [6.07, 6.45) is 2.83. The van der Waals surface area contributed by atoms with Gasteiger partial charge in [0.2, 0.25) is 0 Å². The lowest BCUT2D eigenvalue weighted by atomic mass is 10.0. The molecule has 168 valence electrons. The number of hydrazone groups is 1. The molecule has 0 aliphatic rings. The van der Waals surface area contributed by atoms with Crippen LogP contribution in [0.5, 0.6) is 0 Å². The number of rotatable bonds is 8. The van der Waals surface area contributed by atoms with Crippen LogP contribution >= 0.6 is 23.2 Å². The Morgan fingerprint density at radius 2 is 1.97 bits per heavy atom. The van der Waals surface area contributed by atoms with E-state index in [2.05, 4.69) is 20.8 Å². The summed E-state index contributed by atoms with van der Waals surface area (Å²) >= 11 is 12.0. The van der Waals surface area contributed by atoms with Crippen LogP contribution in [0.25, 0.3) is 10.9 Å². The van der Waals surface area contributed by atoms with Crippen molar-refractivity contribution in [3.05, 3.63) is 69.8 Å². The number of hydrogen-bond donors (Lipinski definition) is 3. The number of carbonyl (C=O) groups excluding carboxylic acids is 2. The fourth-order valence-corrected chi connectivity index (χ4v) is 3.46. The number of H-pyrrole nitrogens is 1. The molecule has 2 amide bonds. The minimum absolute atomic E-state index is 0.176. The molecule has 0 saturated heterocycles. The van der Waals surface area contributed by atoms with E-state index in [9.17, 15) is 9.59 Å². The zero-order chi connectivity index (χ0) is 23.1. The maximum absolute atomic E-state index is 12.8. The molecular weight excluding hydrogens is 451 g/mol. The van der Waals surface area contributed by atoms with E-state index in [4.69, 9.17) is 27.9 Å². The van der Waals surface area contributed by atoms with Gasteiger partial charge in [0, 0.05) is 34.1 Å². The third-order valence-corrected chi connectivity index (χ3v) is 5.16. The van der Waals surface area contributed by atoms with Gasteiger partial charge in [-0.25, -0.2) is 10.2 Å². The van der Waals surface area contributed by atoms with Crippen LogP contribution < -0.4 is 10.7 Å². The Morgan fingerprint density at radius 3 is 2.72 bits per heavy atom. The molecule has 3 rings (SSSR count). The summed E-state index contributed by atoms with van der Waals surface area (Å²) in [5.74, 6) is -0.312. The Labute approximate surface area is 196 Å². The number of fused-ring (bicyclic) bond motifs is 1. The quantitative estimate of drug-likeness (QED) is 0.319. The third-order valence-electron chi connectivity index (χ3n) is 4.60. The van der Waals surface area contributed by atoms with Crippen molar-refractivity contribution in [2.45, 2.75) is 26.3 Å². The molecule has 3 aromatic rings. The molecule has 0 spiro atoms. The average Bonchev–Trinajstić information content (AvgIpc) is 3.16. The van der Waals surface area contributed by atoms with Crippen LogP contribution in [0.4, 0.5) is 4.79 Å². The number of benzene rings is 2. The summed E-state index contributed by atoms with van der Waals surface area (Å²) in [7, 11) is 0. The lowest BCUT2D eigenvalue weighted by molar-refractivity contribution is -0.123. The van der Waals surface area contributed by atoms with E-state index in [-0.39, 0.29) is 18.9 Å². The lowest BCUT2D eigenvalue weighted by Crippen LogP contribution is -2.47. The van der Waals surface area contributed by atoms with Gasteiger partial charge in [-0.1, -0.05) is 61.3 Å². The molecule has 3 N–H and O–H groups in total. The number of halogens is 2. The van der Waals surface area contributed by atoms with E-state index in [1.165, 1.54) is 6.21 Å². The summed E-state index contributed by atoms with van der Waals surface area (Å²) in [6, 6.07) is 11.8. The number of aromatic amines is 1. The molecule has 1 aromatic heterocycles. The molecule has 9 heteroatoms. The van der Waals surface area contributed by atoms with Crippen LogP contribution in [0, 0.1) is 5.92 Å². The van der Waals surface area contributed by atoms with Gasteiger partial charge < -0.3 is 15.0 Å². The summed E-state index contributed by atoms with van der Waals surface area (Å²) in [5.41, 5.74) is 4.88. The number of para-hydroxylation sites is 1. The highest BCUT2D eigenvalue weighted by atomic mass is 35.5. The Balaban J connectivity index is 1.73. The molecule has 0 radical (unpaired) electrons. The molecule has 0 saturated carbocycles. The smallest absolute Gasteiger partial charge is 0.407 e. The normalized spacial score (nSPS) is 12.3. The summed E-state index contributed by atoms with van der Waals surface area (Å²) in [5, 5.41) is 8.49. The first-order valence-electron chi connectivity index (χ1n) is 10.1. The minimum Gasteiger partial charge on any atom is -0.449 e. The topological polar surface area (TPSA) is 95.6 Å². The highest BCUT2D eigenvalue weighted by Gasteiger charge is 2.23. The number of carbonyl (C=O) groups is 2. The SMILES string of the molecule is CC(C)COC(=O)N[C@H](Cc1c[nH]c2ccccc12)C(=O)N/N=C\c1ccc(Cl)cc1Cl. The van der Waals surface area contributed by atoms with Gasteiger partial charge in [0.25, 0.3) is 5.91 Å². The number of nitrogens with zero attached hydrogens (tertiary/aromatic N) is 1. The largest absolute Gasteiger partial charge is 0.449 e. The third kappa shape index (κ3) is 6.48. The zero-order valence-corrected chi connectivity index (χ0v) is 19.2. The minimum atomic E-state index is -0.897. The first kappa shape index (κ1) is 23.6. The Kier molecular flexibility index (Phi) is 8.14. The molecule has 0 aliphatic carbocycles. The van der Waals surface area contributed by atoms with Gasteiger partial charge in [-0.05, 0) is 29.7 Å². The van der Waals surface area contributed by atoms with E-state index in [0.717, 1.165) is 16.5 Å². The predicted molar refractivity (Wildman–Crippen MR) is 127 cm³/mol. The highest BCUT2D eigenvalue weighted by molar-refractivity contribution is 6.36. The maximum atomic E-state index is 12.8. The van der Waals surface area contributed by atoms with Crippen LogP contribution in [0.1, 0.15) is 25.0 Å². The molecule has 2 aromatic carbocycles. The number of alkyl carbamates (subject to hydrolysis) is 1. The Hall–Kier alpha value is -3.03. The van der Waals surface area contributed by atoms with Gasteiger partial charge in [0.1, 0.15) is 6.04 Å². The second-order valence-electron chi connectivity index (χ2n) is 7.65. The lowest BCUT2D eigenvalue weighted by Gasteiger charge is -2.17. The van der Waals surface area contributed by atoms with E-state index in [0.29, 0.717) is 15.6 Å². The molecule has 7 nitrogen and oxygen atoms in total. The monoisotopic (exact) mass is 474 g/mol. The van der Waals surface area contributed by atoms with Crippen molar-refractivity contribution in [3.63, 3.8) is 0 Å². The standard InChI is InChI=1S/C23H24Cl2N4O3/c1-14(2)13-32-23(31)28-21(9-16-11-26-20-6-4-3-5-18(16)20)22(30)29-27-12-15-7-8-17(24)10-19(15)25/h3-8,10-12,14,21,26H,9,13H2,1-2H3,(H,28,31)(H,29,30)/b27-12-/t21-/m1/s1. The van der Waals surface area contributed by atoms with Crippen LogP contribution in [0.15, 0.2) is 53.8 Å². The van der Waals surface area contributed by atoms with Crippen LogP contribution in [-0.2, 0) is 16.0 Å². The fraction of sp³-hybridized carbons (Fsp3) is 0.261. The van der Waals surface area contributed by atoms with Crippen LogP contribution in [-0.4, -0.2) is 35.8 Å².